The summed E-state index contributed by atoms with van der Waals surface area (Å²) < 4.78 is 7.87. The molecule has 0 bridgehead atoms. The zero-order valence-corrected chi connectivity index (χ0v) is 13.7. The highest BCUT2D eigenvalue weighted by Crippen LogP contribution is 2.34. The number of rotatable bonds is 2. The lowest BCUT2D eigenvalue weighted by Gasteiger charge is -2.37. The zero-order valence-electron chi connectivity index (χ0n) is 13.7. The fourth-order valence-corrected chi connectivity index (χ4v) is 3.56. The van der Waals surface area contributed by atoms with Crippen molar-refractivity contribution in [2.45, 2.75) is 51.3 Å². The fourth-order valence-electron chi connectivity index (χ4n) is 3.56. The number of carbonyl (C=O) groups is 1. The SMILES string of the molecule is CC(C)(C)n1ccc(C(=O)N2CCO[C@H]3C[C@H](CO)C[C@@H]32)c1. The van der Waals surface area contributed by atoms with Crippen molar-refractivity contribution in [2.75, 3.05) is 19.8 Å². The van der Waals surface area contributed by atoms with Crippen molar-refractivity contribution in [1.82, 2.24) is 9.47 Å². The predicted octanol–water partition coefficient (Wildman–Crippen LogP) is 1.86. The number of morpholine rings is 1. The van der Waals surface area contributed by atoms with Gasteiger partial charge in [-0.1, -0.05) is 0 Å². The second-order valence-electron chi connectivity index (χ2n) is 7.47. The maximum atomic E-state index is 12.9. The first-order valence-electron chi connectivity index (χ1n) is 8.12. The molecule has 2 heterocycles. The quantitative estimate of drug-likeness (QED) is 0.907. The van der Waals surface area contributed by atoms with Gasteiger partial charge in [-0.2, -0.15) is 0 Å². The van der Waals surface area contributed by atoms with Crippen LogP contribution in [0.1, 0.15) is 44.0 Å². The van der Waals surface area contributed by atoms with Gasteiger partial charge in [-0.3, -0.25) is 4.79 Å². The summed E-state index contributed by atoms with van der Waals surface area (Å²) in [6, 6.07) is 2.01. The Morgan fingerprint density at radius 3 is 2.82 bits per heavy atom. The van der Waals surface area contributed by atoms with Crippen molar-refractivity contribution >= 4 is 5.91 Å². The van der Waals surface area contributed by atoms with Gasteiger partial charge < -0.3 is 19.3 Å². The molecular formula is C17H26N2O3. The zero-order chi connectivity index (χ0) is 15.9. The fraction of sp³-hybridized carbons (Fsp3) is 0.706. The van der Waals surface area contributed by atoms with Crippen LogP contribution in [0.25, 0.3) is 0 Å². The molecule has 1 N–H and O–H groups in total. The molecule has 1 aromatic heterocycles. The molecule has 3 rings (SSSR count). The van der Waals surface area contributed by atoms with Crippen LogP contribution in [-0.4, -0.2) is 52.4 Å². The second-order valence-corrected chi connectivity index (χ2v) is 7.47. The van der Waals surface area contributed by atoms with E-state index in [-0.39, 0.29) is 36.1 Å². The number of hydrogen-bond donors (Lipinski definition) is 1. The van der Waals surface area contributed by atoms with Crippen LogP contribution in [0.3, 0.4) is 0 Å². The molecule has 5 nitrogen and oxygen atoms in total. The van der Waals surface area contributed by atoms with Gasteiger partial charge in [0.1, 0.15) is 0 Å². The van der Waals surface area contributed by atoms with E-state index in [1.807, 2.05) is 23.4 Å². The van der Waals surface area contributed by atoms with Crippen LogP contribution < -0.4 is 0 Å². The van der Waals surface area contributed by atoms with Gasteiger partial charge in [0.2, 0.25) is 0 Å². The second kappa shape index (κ2) is 5.70. The molecule has 3 atom stereocenters. The van der Waals surface area contributed by atoms with Crippen molar-refractivity contribution < 1.29 is 14.6 Å². The first-order chi connectivity index (χ1) is 10.4. The van der Waals surface area contributed by atoms with Gasteiger partial charge in [-0.15, -0.1) is 0 Å². The molecule has 1 aromatic rings. The Labute approximate surface area is 131 Å². The summed E-state index contributed by atoms with van der Waals surface area (Å²) >= 11 is 0. The molecule has 0 spiro atoms. The molecule has 1 saturated carbocycles. The van der Waals surface area contributed by atoms with Crippen LogP contribution in [0.2, 0.25) is 0 Å². The van der Waals surface area contributed by atoms with Gasteiger partial charge in [0, 0.05) is 31.1 Å². The average molecular weight is 306 g/mol. The Balaban J connectivity index is 1.78. The van der Waals surface area contributed by atoms with Gasteiger partial charge in [0.25, 0.3) is 5.91 Å². The van der Waals surface area contributed by atoms with Crippen molar-refractivity contribution in [3.8, 4) is 0 Å². The van der Waals surface area contributed by atoms with E-state index in [0.29, 0.717) is 13.2 Å². The highest BCUT2D eigenvalue weighted by molar-refractivity contribution is 5.94. The van der Waals surface area contributed by atoms with Crippen LogP contribution >= 0.6 is 0 Å². The number of hydrogen-bond acceptors (Lipinski definition) is 3. The molecule has 5 heteroatoms. The number of nitrogens with zero attached hydrogens (tertiary/aromatic N) is 2. The largest absolute Gasteiger partial charge is 0.396 e. The number of aliphatic hydroxyl groups excluding tert-OH is 1. The van der Waals surface area contributed by atoms with Crippen LogP contribution in [0, 0.1) is 5.92 Å². The van der Waals surface area contributed by atoms with E-state index < -0.39 is 0 Å². The molecule has 2 aliphatic rings. The highest BCUT2D eigenvalue weighted by Gasteiger charge is 2.42. The highest BCUT2D eigenvalue weighted by atomic mass is 16.5. The van der Waals surface area contributed by atoms with Gasteiger partial charge in [0.15, 0.2) is 0 Å². The van der Waals surface area contributed by atoms with Gasteiger partial charge >= 0.3 is 0 Å². The normalized spacial score (nSPS) is 28.7. The van der Waals surface area contributed by atoms with E-state index in [1.165, 1.54) is 0 Å². The molecule has 122 valence electrons. The molecule has 22 heavy (non-hydrogen) atoms. The van der Waals surface area contributed by atoms with Crippen molar-refractivity contribution in [3.05, 3.63) is 24.0 Å². The van der Waals surface area contributed by atoms with E-state index in [4.69, 9.17) is 4.74 Å². The number of fused-ring (bicyclic) bond motifs is 1. The standard InChI is InChI=1S/C17H26N2O3/c1-17(2,3)18-5-4-13(10-18)16(21)19-6-7-22-15-9-12(11-20)8-14(15)19/h4-5,10,12,14-15,20H,6-9,11H2,1-3H3/t12-,14+,15+/m1/s1. The number of amides is 1. The van der Waals surface area contributed by atoms with Crippen molar-refractivity contribution in [1.29, 1.82) is 0 Å². The van der Waals surface area contributed by atoms with Crippen LogP contribution in [0.5, 0.6) is 0 Å². The van der Waals surface area contributed by atoms with Crippen molar-refractivity contribution in [2.24, 2.45) is 5.92 Å². The van der Waals surface area contributed by atoms with Gasteiger partial charge in [0.05, 0.1) is 24.3 Å². The van der Waals surface area contributed by atoms with E-state index in [9.17, 15) is 9.90 Å². The Morgan fingerprint density at radius 1 is 1.41 bits per heavy atom. The maximum Gasteiger partial charge on any atom is 0.255 e. The third-order valence-electron chi connectivity index (χ3n) is 4.87. The summed E-state index contributed by atoms with van der Waals surface area (Å²) in [7, 11) is 0. The Kier molecular flexibility index (Phi) is 4.03. The Hall–Kier alpha value is -1.33. The molecule has 2 fully saturated rings. The number of carbonyl (C=O) groups excluding carboxylic acids is 1. The molecule has 1 amide bonds. The van der Waals surface area contributed by atoms with E-state index >= 15 is 0 Å². The smallest absolute Gasteiger partial charge is 0.255 e. The lowest BCUT2D eigenvalue weighted by Crippen LogP contribution is -2.51. The summed E-state index contributed by atoms with van der Waals surface area (Å²) in [5.74, 6) is 0.336. The molecular weight excluding hydrogens is 280 g/mol. The molecule has 1 aliphatic carbocycles. The summed E-state index contributed by atoms with van der Waals surface area (Å²) in [5.41, 5.74) is 0.713. The third-order valence-corrected chi connectivity index (χ3v) is 4.87. The molecule has 1 aliphatic heterocycles. The number of ether oxygens (including phenoxy) is 1. The lowest BCUT2D eigenvalue weighted by molar-refractivity contribution is -0.0448. The van der Waals surface area contributed by atoms with E-state index in [1.54, 1.807) is 0 Å². The maximum absolute atomic E-state index is 12.9. The minimum atomic E-state index is -0.0264. The van der Waals surface area contributed by atoms with E-state index in [0.717, 1.165) is 18.4 Å². The first kappa shape index (κ1) is 15.6. The topological polar surface area (TPSA) is 54.7 Å². The molecule has 0 radical (unpaired) electrons. The summed E-state index contributed by atoms with van der Waals surface area (Å²) in [5, 5.41) is 9.39. The molecule has 1 saturated heterocycles. The Morgan fingerprint density at radius 2 is 2.18 bits per heavy atom. The minimum Gasteiger partial charge on any atom is -0.396 e. The summed E-state index contributed by atoms with van der Waals surface area (Å²) in [6.07, 6.45) is 5.68. The summed E-state index contributed by atoms with van der Waals surface area (Å²) in [6.45, 7) is 7.77. The molecule has 0 unspecified atom stereocenters. The monoisotopic (exact) mass is 306 g/mol. The van der Waals surface area contributed by atoms with Crippen LogP contribution in [0.4, 0.5) is 0 Å². The van der Waals surface area contributed by atoms with Crippen LogP contribution in [0.15, 0.2) is 18.5 Å². The lowest BCUT2D eigenvalue weighted by atomic mass is 10.1. The molecule has 0 aromatic carbocycles. The number of aliphatic hydroxyl groups is 1. The predicted molar refractivity (Wildman–Crippen MR) is 83.8 cm³/mol. The minimum absolute atomic E-state index is 0.0264. The first-order valence-corrected chi connectivity index (χ1v) is 8.12. The van der Waals surface area contributed by atoms with Crippen LogP contribution in [-0.2, 0) is 10.3 Å². The van der Waals surface area contributed by atoms with Gasteiger partial charge in [-0.25, -0.2) is 0 Å². The number of aromatic nitrogens is 1. The van der Waals surface area contributed by atoms with E-state index in [2.05, 4.69) is 25.3 Å². The third kappa shape index (κ3) is 2.79. The van der Waals surface area contributed by atoms with Gasteiger partial charge in [-0.05, 0) is 45.6 Å². The van der Waals surface area contributed by atoms with Crippen molar-refractivity contribution in [3.63, 3.8) is 0 Å². The summed E-state index contributed by atoms with van der Waals surface area (Å²) in [4.78, 5) is 14.8. The Bertz CT molecular complexity index is 546. The average Bonchev–Trinajstić information content (AvgIpc) is 3.11.